The van der Waals surface area contributed by atoms with Crippen molar-refractivity contribution in [2.45, 2.75) is 0 Å². The van der Waals surface area contributed by atoms with Gasteiger partial charge in [0, 0.05) is 20.7 Å². The summed E-state index contributed by atoms with van der Waals surface area (Å²) >= 11 is 17.0. The molecule has 0 spiro atoms. The molecule has 88 valence electrons. The second-order valence-corrected chi connectivity index (χ2v) is 8.17. The summed E-state index contributed by atoms with van der Waals surface area (Å²) in [5, 5.41) is 2.69. The fraction of sp³-hybridized carbons (Fsp3) is 0. The van der Waals surface area contributed by atoms with Gasteiger partial charge in [0.25, 0.3) is 0 Å². The maximum Gasteiger partial charge on any atom is 0.120 e. The third-order valence-electron chi connectivity index (χ3n) is 2.35. The highest BCUT2D eigenvalue weighted by Crippen LogP contribution is 2.38. The molecule has 17 heavy (non-hydrogen) atoms. The summed E-state index contributed by atoms with van der Waals surface area (Å²) in [6.45, 7) is 0. The van der Waals surface area contributed by atoms with Crippen molar-refractivity contribution in [2.24, 2.45) is 0 Å². The first-order valence-corrected chi connectivity index (χ1v) is 8.36. The van der Waals surface area contributed by atoms with E-state index in [0.29, 0.717) is 10.0 Å². The van der Waals surface area contributed by atoms with Crippen molar-refractivity contribution in [3.63, 3.8) is 0 Å². The van der Waals surface area contributed by atoms with Crippen LogP contribution in [0.4, 0.5) is 0 Å². The van der Waals surface area contributed by atoms with Crippen LogP contribution in [0, 0.1) is 0 Å². The molecule has 0 radical (unpaired) electrons. The maximum absolute atomic E-state index is 10.5. The number of benzene rings is 2. The average Bonchev–Trinajstić information content (AvgIpc) is 2.30. The van der Waals surface area contributed by atoms with Crippen LogP contribution in [-0.4, -0.2) is 4.89 Å². The summed E-state index contributed by atoms with van der Waals surface area (Å²) in [6, 6.07) is 14.0. The molecule has 1 N–H and O–H groups in total. The molecular formula is C12H9Cl2OPS. The second kappa shape index (κ2) is 5.09. The summed E-state index contributed by atoms with van der Waals surface area (Å²) < 4.78 is 0. The van der Waals surface area contributed by atoms with Crippen LogP contribution < -0.4 is 10.6 Å². The predicted octanol–water partition coefficient (Wildman–Crippen LogP) is 3.33. The first-order chi connectivity index (χ1) is 8.00. The zero-order valence-electron chi connectivity index (χ0n) is 8.68. The normalized spacial score (nSPS) is 11.5. The average molecular weight is 303 g/mol. The molecule has 0 aliphatic heterocycles. The van der Waals surface area contributed by atoms with E-state index in [1.54, 1.807) is 48.5 Å². The van der Waals surface area contributed by atoms with Gasteiger partial charge < -0.3 is 4.89 Å². The molecule has 0 saturated carbocycles. The number of rotatable bonds is 2. The minimum Gasteiger partial charge on any atom is -0.358 e. The number of halogens is 2. The summed E-state index contributed by atoms with van der Waals surface area (Å²) in [7, 11) is 0. The van der Waals surface area contributed by atoms with E-state index in [0.717, 1.165) is 10.6 Å². The minimum absolute atomic E-state index is 0.625. The van der Waals surface area contributed by atoms with E-state index >= 15 is 0 Å². The van der Waals surface area contributed by atoms with Gasteiger partial charge in [0.2, 0.25) is 0 Å². The van der Waals surface area contributed by atoms with Crippen LogP contribution in [0.1, 0.15) is 0 Å². The van der Waals surface area contributed by atoms with Crippen LogP contribution in [0.5, 0.6) is 0 Å². The van der Waals surface area contributed by atoms with Crippen LogP contribution in [0.25, 0.3) is 0 Å². The van der Waals surface area contributed by atoms with E-state index in [9.17, 15) is 4.89 Å². The minimum atomic E-state index is -2.72. The fourth-order valence-electron chi connectivity index (χ4n) is 1.44. The molecule has 2 aromatic rings. The van der Waals surface area contributed by atoms with Gasteiger partial charge in [0.1, 0.15) is 6.26 Å². The van der Waals surface area contributed by atoms with Gasteiger partial charge in [-0.1, -0.05) is 35.0 Å². The third-order valence-corrected chi connectivity index (χ3v) is 6.12. The van der Waals surface area contributed by atoms with Gasteiger partial charge >= 0.3 is 0 Å². The second-order valence-electron chi connectivity index (χ2n) is 3.53. The SMILES string of the molecule is OP(=S)(c1ccc(Cl)cc1)c1ccc(Cl)cc1. The topological polar surface area (TPSA) is 20.2 Å². The smallest absolute Gasteiger partial charge is 0.120 e. The van der Waals surface area contributed by atoms with E-state index in [1.165, 1.54) is 0 Å². The molecule has 0 amide bonds. The van der Waals surface area contributed by atoms with Crippen molar-refractivity contribution >= 4 is 51.9 Å². The molecule has 2 aromatic carbocycles. The van der Waals surface area contributed by atoms with Crippen LogP contribution in [0.15, 0.2) is 48.5 Å². The van der Waals surface area contributed by atoms with Crippen molar-refractivity contribution in [2.75, 3.05) is 0 Å². The molecule has 0 bridgehead atoms. The highest BCUT2D eigenvalue weighted by atomic mass is 35.5. The molecule has 1 nitrogen and oxygen atoms in total. The number of hydrogen-bond acceptors (Lipinski definition) is 1. The van der Waals surface area contributed by atoms with Gasteiger partial charge in [-0.05, 0) is 48.5 Å². The molecular weight excluding hydrogens is 294 g/mol. The fourth-order valence-corrected chi connectivity index (χ4v) is 3.82. The lowest BCUT2D eigenvalue weighted by Gasteiger charge is -2.16. The predicted molar refractivity (Wildman–Crippen MR) is 78.7 cm³/mol. The zero-order valence-corrected chi connectivity index (χ0v) is 11.9. The molecule has 0 atom stereocenters. The Morgan fingerprint density at radius 3 is 1.35 bits per heavy atom. The lowest BCUT2D eigenvalue weighted by molar-refractivity contribution is 0.642. The van der Waals surface area contributed by atoms with Gasteiger partial charge in [-0.25, -0.2) is 0 Å². The third kappa shape index (κ3) is 2.90. The lowest BCUT2D eigenvalue weighted by atomic mass is 10.4. The summed E-state index contributed by atoms with van der Waals surface area (Å²) in [5.74, 6) is 0. The Balaban J connectivity index is 2.45. The number of hydrogen-bond donors (Lipinski definition) is 1. The van der Waals surface area contributed by atoms with Crippen molar-refractivity contribution in [1.82, 2.24) is 0 Å². The van der Waals surface area contributed by atoms with E-state index in [2.05, 4.69) is 0 Å². The summed E-state index contributed by atoms with van der Waals surface area (Å²) in [4.78, 5) is 10.5. The quantitative estimate of drug-likeness (QED) is 0.859. The van der Waals surface area contributed by atoms with Crippen molar-refractivity contribution in [3.8, 4) is 0 Å². The van der Waals surface area contributed by atoms with Gasteiger partial charge in [0.05, 0.1) is 0 Å². The molecule has 0 unspecified atom stereocenters. The van der Waals surface area contributed by atoms with Gasteiger partial charge in [0.15, 0.2) is 0 Å². The largest absolute Gasteiger partial charge is 0.358 e. The van der Waals surface area contributed by atoms with Crippen molar-refractivity contribution in [1.29, 1.82) is 0 Å². The first kappa shape index (κ1) is 13.1. The van der Waals surface area contributed by atoms with Crippen LogP contribution in [0.2, 0.25) is 10.0 Å². The highest BCUT2D eigenvalue weighted by Gasteiger charge is 2.18. The van der Waals surface area contributed by atoms with E-state index in [1.807, 2.05) is 0 Å². The first-order valence-electron chi connectivity index (χ1n) is 4.85. The molecule has 0 saturated heterocycles. The molecule has 0 aliphatic carbocycles. The van der Waals surface area contributed by atoms with Crippen molar-refractivity contribution in [3.05, 3.63) is 58.6 Å². The lowest BCUT2D eigenvalue weighted by Crippen LogP contribution is -2.14. The van der Waals surface area contributed by atoms with Gasteiger partial charge in [-0.3, -0.25) is 0 Å². The van der Waals surface area contributed by atoms with E-state index < -0.39 is 6.26 Å². The molecule has 2 rings (SSSR count). The van der Waals surface area contributed by atoms with E-state index in [-0.39, 0.29) is 0 Å². The Morgan fingerprint density at radius 1 is 0.765 bits per heavy atom. The highest BCUT2D eigenvalue weighted by molar-refractivity contribution is 8.19. The summed E-state index contributed by atoms with van der Waals surface area (Å²) in [5.41, 5.74) is 0. The Bertz CT molecular complexity index is 517. The molecule has 0 aromatic heterocycles. The Morgan fingerprint density at radius 2 is 1.06 bits per heavy atom. The van der Waals surface area contributed by atoms with Gasteiger partial charge in [-0.15, -0.1) is 0 Å². The summed E-state index contributed by atoms with van der Waals surface area (Å²) in [6.07, 6.45) is -2.72. The van der Waals surface area contributed by atoms with Gasteiger partial charge in [-0.2, -0.15) is 0 Å². The van der Waals surface area contributed by atoms with E-state index in [4.69, 9.17) is 35.0 Å². The zero-order chi connectivity index (χ0) is 12.5. The standard InChI is InChI=1S/C12H9Cl2OPS/c13-9-1-5-11(6-2-9)16(15,17)12-7-3-10(14)4-8-12/h1-8H,(H,15,17). The molecule has 5 heteroatoms. The monoisotopic (exact) mass is 302 g/mol. The Labute approximate surface area is 115 Å². The van der Waals surface area contributed by atoms with Crippen LogP contribution in [-0.2, 0) is 11.8 Å². The maximum atomic E-state index is 10.5. The molecule has 0 heterocycles. The van der Waals surface area contributed by atoms with Crippen LogP contribution >= 0.6 is 29.5 Å². The molecule has 0 fully saturated rings. The van der Waals surface area contributed by atoms with Crippen LogP contribution in [0.3, 0.4) is 0 Å². The Hall–Kier alpha value is -0.370. The Kier molecular flexibility index (Phi) is 3.92. The van der Waals surface area contributed by atoms with Crippen molar-refractivity contribution < 1.29 is 4.89 Å². The molecule has 0 aliphatic rings.